The quantitative estimate of drug-likeness (QED) is 0.0594. The molecule has 2 N–H and O–H groups in total. The maximum absolute atomic E-state index is 14.8. The lowest BCUT2D eigenvalue weighted by Crippen LogP contribution is -2.55. The van der Waals surface area contributed by atoms with Crippen LogP contribution in [0.4, 0.5) is 0 Å². The molecule has 0 aliphatic rings. The number of hydrogen-bond acceptors (Lipinski definition) is 1. The summed E-state index contributed by atoms with van der Waals surface area (Å²) >= 11 is -1.22. The molecule has 0 spiro atoms. The van der Waals surface area contributed by atoms with Crippen LogP contribution >= 0.6 is 0 Å². The predicted octanol–water partition coefficient (Wildman–Crippen LogP) is 17.7. The largest absolute Gasteiger partial charge is 0.225 e. The molecule has 0 aliphatic heterocycles. The summed E-state index contributed by atoms with van der Waals surface area (Å²) in [6.07, 6.45) is 55.2. The van der Waals surface area contributed by atoms with Crippen molar-refractivity contribution in [1.29, 1.82) is 0 Å². The Bertz CT molecular complexity index is 615. The van der Waals surface area contributed by atoms with Crippen LogP contribution in [0.15, 0.2) is 0 Å². The van der Waals surface area contributed by atoms with Gasteiger partial charge in [0.15, 0.2) is 11.2 Å². The fraction of sp³-hybridized carbons (Fsp3) is 1.00. The van der Waals surface area contributed by atoms with Crippen LogP contribution in [0.2, 0.25) is 0 Å². The molecule has 0 rings (SSSR count). The fourth-order valence-corrected chi connectivity index (χ4v) is 10.4. The van der Waals surface area contributed by atoms with E-state index in [9.17, 15) is 4.21 Å². The van der Waals surface area contributed by atoms with Crippen molar-refractivity contribution in [2.45, 2.75) is 322 Å². The van der Waals surface area contributed by atoms with E-state index < -0.39 is 11.2 Å². The highest BCUT2D eigenvalue weighted by molar-refractivity contribution is 7.81. The van der Waals surface area contributed by atoms with Crippen LogP contribution in [-0.2, 0) is 11.2 Å². The van der Waals surface area contributed by atoms with Crippen LogP contribution in [0.25, 0.3) is 0 Å². The Kier molecular flexibility index (Phi) is 41.3. The Labute approximate surface area is 345 Å². The van der Waals surface area contributed by atoms with Gasteiger partial charge in [-0.2, -0.15) is 0 Å². The van der Waals surface area contributed by atoms with Crippen LogP contribution < -0.4 is 9.44 Å². The highest BCUT2D eigenvalue weighted by Gasteiger charge is 2.35. The fourth-order valence-electron chi connectivity index (χ4n) is 8.94. The number of hydrogen-bond donors (Lipinski definition) is 2. The van der Waals surface area contributed by atoms with E-state index in [1.165, 1.54) is 270 Å². The molecule has 3 nitrogen and oxygen atoms in total. The van der Waals surface area contributed by atoms with E-state index in [1.54, 1.807) is 0 Å². The Balaban J connectivity index is 6.21. The van der Waals surface area contributed by atoms with E-state index in [0.717, 1.165) is 0 Å². The average molecular weight is 781 g/mol. The molecule has 326 valence electrons. The molecule has 0 saturated heterocycles. The molecular weight excluding hydrogens is 677 g/mol. The predicted molar refractivity (Wildman–Crippen MR) is 248 cm³/mol. The topological polar surface area (TPSA) is 41.1 Å². The molecule has 54 heavy (non-hydrogen) atoms. The molecule has 0 aromatic heterocycles. The SMILES string of the molecule is CCCCCCCCC(CCCCCCCC)(CCCCCCCC)NS(=O)NC(CCCCCCCC)(CCCCCCCC)CCCCCCCC. The van der Waals surface area contributed by atoms with E-state index in [2.05, 4.69) is 51.0 Å². The standard InChI is InChI=1S/C50H104N2OS/c1-7-13-19-25-31-37-43-49(44-38-32-26-20-14-8-2,45-39-33-27-21-15-9-3)51-54(53)52-50(46-40-34-28-22-16-10-4,47-41-35-29-23-17-11-5)48-42-36-30-24-18-12-6/h51-52H,7-48H2,1-6H3. The highest BCUT2D eigenvalue weighted by Crippen LogP contribution is 2.33. The zero-order chi connectivity index (χ0) is 39.7. The lowest BCUT2D eigenvalue weighted by molar-refractivity contribution is 0.262. The third-order valence-electron chi connectivity index (χ3n) is 12.7. The number of rotatable bonds is 46. The van der Waals surface area contributed by atoms with Gasteiger partial charge in [-0.05, 0) is 38.5 Å². The van der Waals surface area contributed by atoms with Crippen molar-refractivity contribution in [3.63, 3.8) is 0 Å². The molecule has 0 aliphatic carbocycles. The van der Waals surface area contributed by atoms with Gasteiger partial charge in [0.2, 0.25) is 0 Å². The molecule has 0 radical (unpaired) electrons. The van der Waals surface area contributed by atoms with Crippen molar-refractivity contribution in [2.75, 3.05) is 0 Å². The smallest absolute Gasteiger partial charge is 0.168 e. The maximum Gasteiger partial charge on any atom is 0.168 e. The van der Waals surface area contributed by atoms with E-state index in [-0.39, 0.29) is 11.1 Å². The lowest BCUT2D eigenvalue weighted by atomic mass is 9.82. The highest BCUT2D eigenvalue weighted by atomic mass is 32.2. The molecule has 0 saturated carbocycles. The summed E-state index contributed by atoms with van der Waals surface area (Å²) in [5.74, 6) is 0. The van der Waals surface area contributed by atoms with Crippen molar-refractivity contribution < 1.29 is 4.21 Å². The first-order chi connectivity index (χ1) is 26.5. The Morgan fingerprint density at radius 3 is 0.574 bits per heavy atom. The van der Waals surface area contributed by atoms with Gasteiger partial charge in [-0.1, -0.05) is 273 Å². The van der Waals surface area contributed by atoms with Gasteiger partial charge in [-0.3, -0.25) is 0 Å². The monoisotopic (exact) mass is 781 g/mol. The first-order valence-corrected chi connectivity index (χ1v) is 26.6. The van der Waals surface area contributed by atoms with Crippen LogP contribution in [0.5, 0.6) is 0 Å². The zero-order valence-electron chi connectivity index (χ0n) is 38.5. The normalized spacial score (nSPS) is 12.4. The van der Waals surface area contributed by atoms with Crippen molar-refractivity contribution in [3.8, 4) is 0 Å². The van der Waals surface area contributed by atoms with Crippen molar-refractivity contribution in [1.82, 2.24) is 9.44 Å². The molecule has 0 aromatic carbocycles. The summed E-state index contributed by atoms with van der Waals surface area (Å²) in [6, 6.07) is 0. The summed E-state index contributed by atoms with van der Waals surface area (Å²) in [6.45, 7) is 13.9. The third-order valence-corrected chi connectivity index (χ3v) is 13.9. The molecular formula is C50H104N2OS. The summed E-state index contributed by atoms with van der Waals surface area (Å²) in [5.41, 5.74) is -0.0192. The summed E-state index contributed by atoms with van der Waals surface area (Å²) < 4.78 is 22.8. The summed E-state index contributed by atoms with van der Waals surface area (Å²) in [4.78, 5) is 0. The van der Waals surface area contributed by atoms with Gasteiger partial charge in [0, 0.05) is 11.1 Å². The molecule has 0 fully saturated rings. The van der Waals surface area contributed by atoms with E-state index in [1.807, 2.05) is 0 Å². The first kappa shape index (κ1) is 54.1. The minimum absolute atomic E-state index is 0.00960. The first-order valence-electron chi connectivity index (χ1n) is 25.4. The van der Waals surface area contributed by atoms with Gasteiger partial charge in [-0.15, -0.1) is 0 Å². The molecule has 0 atom stereocenters. The molecule has 0 bridgehead atoms. The molecule has 0 amide bonds. The maximum atomic E-state index is 14.8. The molecule has 0 heterocycles. The molecule has 4 heteroatoms. The minimum Gasteiger partial charge on any atom is -0.225 e. The van der Waals surface area contributed by atoms with Gasteiger partial charge >= 0.3 is 0 Å². The molecule has 0 aromatic rings. The Morgan fingerprint density at radius 2 is 0.407 bits per heavy atom. The van der Waals surface area contributed by atoms with Crippen LogP contribution in [-0.4, -0.2) is 15.3 Å². The van der Waals surface area contributed by atoms with E-state index in [4.69, 9.17) is 0 Å². The van der Waals surface area contributed by atoms with Crippen molar-refractivity contribution in [2.24, 2.45) is 0 Å². The van der Waals surface area contributed by atoms with Gasteiger partial charge in [0.05, 0.1) is 0 Å². The van der Waals surface area contributed by atoms with Gasteiger partial charge in [0.1, 0.15) is 0 Å². The van der Waals surface area contributed by atoms with Crippen LogP contribution in [0, 0.1) is 0 Å². The van der Waals surface area contributed by atoms with E-state index >= 15 is 0 Å². The average Bonchev–Trinajstić information content (AvgIpc) is 3.16. The van der Waals surface area contributed by atoms with E-state index in [0.29, 0.717) is 0 Å². The second-order valence-electron chi connectivity index (χ2n) is 18.1. The second-order valence-corrected chi connectivity index (χ2v) is 19.1. The van der Waals surface area contributed by atoms with Gasteiger partial charge in [-0.25, -0.2) is 13.7 Å². The summed E-state index contributed by atoms with van der Waals surface area (Å²) in [5, 5.41) is 0. The van der Waals surface area contributed by atoms with Gasteiger partial charge in [0.25, 0.3) is 0 Å². The Morgan fingerprint density at radius 1 is 0.259 bits per heavy atom. The zero-order valence-corrected chi connectivity index (χ0v) is 39.3. The van der Waals surface area contributed by atoms with Gasteiger partial charge < -0.3 is 0 Å². The van der Waals surface area contributed by atoms with Crippen LogP contribution in [0.1, 0.15) is 311 Å². The summed E-state index contributed by atoms with van der Waals surface area (Å²) in [7, 11) is 0. The van der Waals surface area contributed by atoms with Crippen molar-refractivity contribution >= 4 is 11.2 Å². The second kappa shape index (κ2) is 41.2. The third kappa shape index (κ3) is 33.1. The number of nitrogens with one attached hydrogen (secondary N) is 2. The van der Waals surface area contributed by atoms with Crippen molar-refractivity contribution in [3.05, 3.63) is 0 Å². The molecule has 0 unspecified atom stereocenters. The minimum atomic E-state index is -1.22. The number of unbranched alkanes of at least 4 members (excludes halogenated alkanes) is 30. The van der Waals surface area contributed by atoms with Crippen LogP contribution in [0.3, 0.4) is 0 Å². The Hall–Kier alpha value is 0.0700. The lowest BCUT2D eigenvalue weighted by Gasteiger charge is -2.39.